The van der Waals surface area contributed by atoms with Crippen LogP contribution in [0.25, 0.3) is 0 Å². The summed E-state index contributed by atoms with van der Waals surface area (Å²) in [6, 6.07) is 0. The minimum absolute atomic E-state index is 0. The van der Waals surface area contributed by atoms with Gasteiger partial charge >= 0.3 is 18.9 Å². The van der Waals surface area contributed by atoms with E-state index in [4.69, 9.17) is 0 Å². The van der Waals surface area contributed by atoms with E-state index in [0.29, 0.717) is 0 Å². The zero-order valence-electron chi connectivity index (χ0n) is 4.38. The van der Waals surface area contributed by atoms with Gasteiger partial charge in [-0.1, -0.05) is 0 Å². The maximum atomic E-state index is 0. The van der Waals surface area contributed by atoms with Crippen LogP contribution in [0.5, 0.6) is 0 Å². The molecule has 0 radical (unpaired) electrons. The van der Waals surface area contributed by atoms with Gasteiger partial charge in [-0.25, -0.2) is 0 Å². The molecule has 0 rings (SSSR count). The first kappa shape index (κ1) is 1210. The van der Waals surface area contributed by atoms with Crippen molar-refractivity contribution in [3.63, 3.8) is 0 Å². The predicted molar refractivity (Wildman–Crippen MR) is 21.7 cm³/mol. The van der Waals surface area contributed by atoms with Gasteiger partial charge in [0, 0.05) is 0 Å². The fraction of sp³-hybridized carbons (Fsp3) is 0. The van der Waals surface area contributed by atoms with Gasteiger partial charge in [0.25, 0.3) is 0 Å². The molecule has 6 nitrogen and oxygen atoms in total. The van der Waals surface area contributed by atoms with E-state index in [2.05, 4.69) is 0 Å². The Bertz CT molecular complexity index is 8.49. The normalized spacial score (nSPS) is 0. The Balaban J connectivity index is 0. The van der Waals surface area contributed by atoms with Crippen molar-refractivity contribution >= 4 is 0 Å². The summed E-state index contributed by atoms with van der Waals surface area (Å²) in [7, 11) is 0. The Kier molecular flexibility index (Phi) is 122000. The molecule has 12 N–H and O–H groups in total. The molecule has 0 aromatic heterocycles. The number of halogens is 1. The van der Waals surface area contributed by atoms with Crippen LogP contribution in [0.2, 0.25) is 0 Å². The van der Waals surface area contributed by atoms with Crippen molar-refractivity contribution < 1.29 is 64.1 Å². The molecule has 0 aliphatic rings. The molecule has 0 saturated heterocycles. The van der Waals surface area contributed by atoms with Gasteiger partial charge < -0.3 is 45.3 Å². The maximum absolute atomic E-state index is 0. The number of rotatable bonds is 0. The molecule has 0 atom stereocenters. The van der Waals surface area contributed by atoms with Crippen LogP contribution in [0.4, 0.5) is 0 Å². The smallest absolute Gasteiger partial charge is 1.00 e. The molecule has 0 aromatic rings. The zero-order valence-corrected chi connectivity index (χ0v) is 5.13. The molecule has 0 aliphatic carbocycles. The zero-order chi connectivity index (χ0) is 0. The monoisotopic (exact) mass is 150 g/mol. The van der Waals surface area contributed by atoms with Crippen molar-refractivity contribution in [2.24, 2.45) is 0 Å². The molecule has 0 heterocycles. The van der Waals surface area contributed by atoms with E-state index in [1.54, 1.807) is 0 Å². The summed E-state index contributed by atoms with van der Waals surface area (Å²) >= 11 is 0. The fourth-order valence-corrected chi connectivity index (χ4v) is 0. The minimum Gasteiger partial charge on any atom is -1.00 e. The average Bonchev–Trinajstić information content (AvgIpc) is 0. The van der Waals surface area contributed by atoms with Crippen LogP contribution in [0, 0.1) is 0 Å². The van der Waals surface area contributed by atoms with Gasteiger partial charge in [-0.05, 0) is 0 Å². The van der Waals surface area contributed by atoms with Crippen molar-refractivity contribution in [2.45, 2.75) is 0 Å². The second-order valence-electron chi connectivity index (χ2n) is 0. The van der Waals surface area contributed by atoms with E-state index in [-0.39, 0.29) is 64.1 Å². The second kappa shape index (κ2) is 806. The van der Waals surface area contributed by atoms with Crippen LogP contribution in [-0.2, 0) is 0 Å². The van der Waals surface area contributed by atoms with Crippen LogP contribution in [0.3, 0.4) is 0 Å². The molecule has 0 spiro atoms. The predicted octanol–water partition coefficient (Wildman–Crippen LogP) is -10.9. The Hall–Kier alpha value is 0.647. The van der Waals surface area contributed by atoms with Gasteiger partial charge in [-0.15, -0.1) is 0 Å². The van der Waals surface area contributed by atoms with Gasteiger partial charge in [-0.2, -0.15) is 0 Å². The second-order valence-corrected chi connectivity index (χ2v) is 0. The van der Waals surface area contributed by atoms with Gasteiger partial charge in [0.15, 0.2) is 0 Å². The molecule has 0 aliphatic heterocycles. The molecule has 8 heteroatoms. The Morgan fingerprint density at radius 3 is 0.375 bits per heavy atom. The minimum atomic E-state index is 0. The van der Waals surface area contributed by atoms with Crippen molar-refractivity contribution in [2.75, 3.05) is 0 Å². The van der Waals surface area contributed by atoms with Gasteiger partial charge in [0.1, 0.15) is 0 Å². The Morgan fingerprint density at radius 1 is 0.375 bits per heavy atom. The van der Waals surface area contributed by atoms with E-state index < -0.39 is 0 Å². The van der Waals surface area contributed by atoms with Crippen LogP contribution in [0.15, 0.2) is 0 Å². The topological polar surface area (TPSA) is 189 Å². The summed E-state index contributed by atoms with van der Waals surface area (Å²) < 4.78 is 0. The standard InChI is InChI=1S/ClH.Li.6H2O/h1H;;6*1H2/q;+1;;;;;;/p-1. The first-order chi connectivity index (χ1) is 0. The van der Waals surface area contributed by atoms with Crippen molar-refractivity contribution in [3.05, 3.63) is 0 Å². The molecule has 0 unspecified atom stereocenters. The summed E-state index contributed by atoms with van der Waals surface area (Å²) in [5.74, 6) is 0. The SMILES string of the molecule is O.O.O.O.O.O.[Cl-].[Li+]. The molecule has 0 fully saturated rings. The van der Waals surface area contributed by atoms with E-state index in [1.807, 2.05) is 0 Å². The average molecular weight is 150 g/mol. The van der Waals surface area contributed by atoms with Crippen LogP contribution in [-0.4, -0.2) is 32.9 Å². The third-order valence-electron chi connectivity index (χ3n) is 0. The molecular weight excluding hydrogens is 138 g/mol. The summed E-state index contributed by atoms with van der Waals surface area (Å²) in [4.78, 5) is 0. The Morgan fingerprint density at radius 2 is 0.375 bits per heavy atom. The molecule has 56 valence electrons. The van der Waals surface area contributed by atoms with E-state index in [0.717, 1.165) is 0 Å². The van der Waals surface area contributed by atoms with Crippen molar-refractivity contribution in [3.8, 4) is 0 Å². The third kappa shape index (κ3) is 506. The molecule has 8 heavy (non-hydrogen) atoms. The van der Waals surface area contributed by atoms with Crippen LogP contribution in [0.1, 0.15) is 0 Å². The van der Waals surface area contributed by atoms with Crippen LogP contribution >= 0.6 is 0 Å². The van der Waals surface area contributed by atoms with Crippen molar-refractivity contribution in [1.29, 1.82) is 0 Å². The van der Waals surface area contributed by atoms with Gasteiger partial charge in [-0.3, -0.25) is 0 Å². The summed E-state index contributed by atoms with van der Waals surface area (Å²) in [6.07, 6.45) is 0. The summed E-state index contributed by atoms with van der Waals surface area (Å²) in [5.41, 5.74) is 0. The first-order valence-electron chi connectivity index (χ1n) is 0. The van der Waals surface area contributed by atoms with Crippen molar-refractivity contribution in [1.82, 2.24) is 0 Å². The summed E-state index contributed by atoms with van der Waals surface area (Å²) in [5, 5.41) is 0. The van der Waals surface area contributed by atoms with Gasteiger partial charge in [0.2, 0.25) is 0 Å². The van der Waals surface area contributed by atoms with E-state index in [1.165, 1.54) is 0 Å². The quantitative estimate of drug-likeness (QED) is 0.297. The van der Waals surface area contributed by atoms with Gasteiger partial charge in [0.05, 0.1) is 0 Å². The molecule has 0 aromatic carbocycles. The molecule has 0 bridgehead atoms. The Labute approximate surface area is 64.7 Å². The van der Waals surface area contributed by atoms with Crippen LogP contribution < -0.4 is 31.3 Å². The number of hydrogen-bond donors (Lipinski definition) is 0. The molecular formula is H12ClLiO6. The van der Waals surface area contributed by atoms with E-state index >= 15 is 0 Å². The van der Waals surface area contributed by atoms with E-state index in [9.17, 15) is 0 Å². The fourth-order valence-electron chi connectivity index (χ4n) is 0. The largest absolute Gasteiger partial charge is 1.00 e. The molecule has 0 amide bonds. The maximum Gasteiger partial charge on any atom is 1.00 e. The summed E-state index contributed by atoms with van der Waals surface area (Å²) in [6.45, 7) is 0. The number of hydrogen-bond acceptors (Lipinski definition) is 0. The third-order valence-corrected chi connectivity index (χ3v) is 0. The molecule has 0 saturated carbocycles. The first-order valence-corrected chi connectivity index (χ1v) is 0.